The van der Waals surface area contributed by atoms with Crippen molar-refractivity contribution in [3.63, 3.8) is 0 Å². The van der Waals surface area contributed by atoms with E-state index < -0.39 is 0 Å². The van der Waals surface area contributed by atoms with Crippen molar-refractivity contribution < 1.29 is 9.18 Å². The average molecular weight is 266 g/mol. The molecule has 4 heteroatoms. The van der Waals surface area contributed by atoms with Crippen LogP contribution in [-0.2, 0) is 11.2 Å². The van der Waals surface area contributed by atoms with Crippen molar-refractivity contribution in [3.8, 4) is 0 Å². The van der Waals surface area contributed by atoms with Gasteiger partial charge in [-0.05, 0) is 31.0 Å². The second kappa shape index (κ2) is 8.64. The molecule has 0 saturated carbocycles. The Kier molecular flexibility index (Phi) is 7.11. The zero-order chi connectivity index (χ0) is 14.1. The molecule has 1 aromatic carbocycles. The van der Waals surface area contributed by atoms with Gasteiger partial charge in [0.15, 0.2) is 0 Å². The monoisotopic (exact) mass is 266 g/mol. The molecule has 2 N–H and O–H groups in total. The Morgan fingerprint density at radius 3 is 2.74 bits per heavy atom. The lowest BCUT2D eigenvalue weighted by atomic mass is 10.00. The normalized spacial score (nSPS) is 12.2. The number of amides is 1. The number of nitrogens with one attached hydrogen (secondary N) is 2. The maximum absolute atomic E-state index is 13.4. The number of likely N-dealkylation sites (N-methyl/N-ethyl adjacent to an activating group) is 1. The predicted molar refractivity (Wildman–Crippen MR) is 75.4 cm³/mol. The van der Waals surface area contributed by atoms with Crippen molar-refractivity contribution in [2.24, 2.45) is 5.92 Å². The van der Waals surface area contributed by atoms with E-state index in [0.717, 1.165) is 13.1 Å². The van der Waals surface area contributed by atoms with E-state index in [1.165, 1.54) is 6.07 Å². The highest BCUT2D eigenvalue weighted by Crippen LogP contribution is 2.12. The lowest BCUT2D eigenvalue weighted by Crippen LogP contribution is -2.35. The van der Waals surface area contributed by atoms with E-state index in [0.29, 0.717) is 24.9 Å². The van der Waals surface area contributed by atoms with E-state index in [4.69, 9.17) is 0 Å². The molecule has 0 heterocycles. The third kappa shape index (κ3) is 5.83. The summed E-state index contributed by atoms with van der Waals surface area (Å²) in [5, 5.41) is 6.02. The third-order valence-corrected chi connectivity index (χ3v) is 3.10. The van der Waals surface area contributed by atoms with Gasteiger partial charge in [-0.15, -0.1) is 0 Å². The summed E-state index contributed by atoms with van der Waals surface area (Å²) in [5.74, 6) is -0.252. The number of rotatable bonds is 8. The zero-order valence-electron chi connectivity index (χ0n) is 11.7. The van der Waals surface area contributed by atoms with Crippen molar-refractivity contribution in [3.05, 3.63) is 35.6 Å². The number of benzene rings is 1. The van der Waals surface area contributed by atoms with Crippen molar-refractivity contribution in [2.75, 3.05) is 19.6 Å². The summed E-state index contributed by atoms with van der Waals surface area (Å²) in [6, 6.07) is 6.72. The first-order valence-corrected chi connectivity index (χ1v) is 6.87. The SMILES string of the molecule is CCNCCNC(=O)C(C)CCc1ccccc1F. The van der Waals surface area contributed by atoms with Gasteiger partial charge in [0.2, 0.25) is 5.91 Å². The molecule has 0 radical (unpaired) electrons. The molecule has 0 aliphatic carbocycles. The molecule has 1 amide bonds. The second-order valence-corrected chi connectivity index (χ2v) is 4.68. The molecule has 0 bridgehead atoms. The fourth-order valence-corrected chi connectivity index (χ4v) is 1.83. The van der Waals surface area contributed by atoms with Gasteiger partial charge in [-0.25, -0.2) is 4.39 Å². The Bertz CT molecular complexity index is 395. The molecule has 0 aromatic heterocycles. The van der Waals surface area contributed by atoms with Crippen LogP contribution in [0, 0.1) is 11.7 Å². The lowest BCUT2D eigenvalue weighted by Gasteiger charge is -2.12. The highest BCUT2D eigenvalue weighted by molar-refractivity contribution is 5.78. The zero-order valence-corrected chi connectivity index (χ0v) is 11.7. The first kappa shape index (κ1) is 15.6. The minimum absolute atomic E-state index is 0.0363. The molecular weight excluding hydrogens is 243 g/mol. The van der Waals surface area contributed by atoms with Crippen LogP contribution in [0.3, 0.4) is 0 Å². The van der Waals surface area contributed by atoms with Gasteiger partial charge in [-0.2, -0.15) is 0 Å². The Morgan fingerprint density at radius 1 is 1.32 bits per heavy atom. The molecule has 1 rings (SSSR count). The van der Waals surface area contributed by atoms with Gasteiger partial charge in [0.05, 0.1) is 0 Å². The molecule has 106 valence electrons. The molecule has 1 aromatic rings. The van der Waals surface area contributed by atoms with Crippen LogP contribution in [0.5, 0.6) is 0 Å². The number of halogens is 1. The van der Waals surface area contributed by atoms with E-state index in [2.05, 4.69) is 10.6 Å². The van der Waals surface area contributed by atoms with Gasteiger partial charge >= 0.3 is 0 Å². The van der Waals surface area contributed by atoms with E-state index in [1.54, 1.807) is 12.1 Å². The second-order valence-electron chi connectivity index (χ2n) is 4.68. The van der Waals surface area contributed by atoms with Gasteiger partial charge in [0.1, 0.15) is 5.82 Å². The van der Waals surface area contributed by atoms with Gasteiger partial charge in [0.25, 0.3) is 0 Å². The van der Waals surface area contributed by atoms with Crippen LogP contribution < -0.4 is 10.6 Å². The highest BCUT2D eigenvalue weighted by Gasteiger charge is 2.13. The predicted octanol–water partition coefficient (Wildman–Crippen LogP) is 2.12. The Labute approximate surface area is 114 Å². The number of hydrogen-bond donors (Lipinski definition) is 2. The van der Waals surface area contributed by atoms with Crippen molar-refractivity contribution in [1.82, 2.24) is 10.6 Å². The molecule has 1 unspecified atom stereocenters. The first-order valence-electron chi connectivity index (χ1n) is 6.87. The molecular formula is C15H23FN2O. The maximum Gasteiger partial charge on any atom is 0.222 e. The smallest absolute Gasteiger partial charge is 0.222 e. The molecule has 0 fully saturated rings. The van der Waals surface area contributed by atoms with Crippen LogP contribution in [0.25, 0.3) is 0 Å². The maximum atomic E-state index is 13.4. The summed E-state index contributed by atoms with van der Waals surface area (Å²) in [7, 11) is 0. The standard InChI is InChI=1S/C15H23FN2O/c1-3-17-10-11-18-15(19)12(2)8-9-13-6-4-5-7-14(13)16/h4-7,12,17H,3,8-11H2,1-2H3,(H,18,19). The molecule has 19 heavy (non-hydrogen) atoms. The van der Waals surface area contributed by atoms with Gasteiger partial charge in [-0.1, -0.05) is 32.0 Å². The van der Waals surface area contributed by atoms with Crippen LogP contribution in [0.1, 0.15) is 25.8 Å². The molecule has 0 spiro atoms. The number of carbonyl (C=O) groups is 1. The minimum Gasteiger partial charge on any atom is -0.355 e. The van der Waals surface area contributed by atoms with Gasteiger partial charge in [-0.3, -0.25) is 4.79 Å². The van der Waals surface area contributed by atoms with Crippen molar-refractivity contribution >= 4 is 5.91 Å². The molecule has 0 aliphatic heterocycles. The van der Waals surface area contributed by atoms with E-state index in [-0.39, 0.29) is 17.6 Å². The largest absolute Gasteiger partial charge is 0.355 e. The molecule has 3 nitrogen and oxygen atoms in total. The summed E-state index contributed by atoms with van der Waals surface area (Å²) < 4.78 is 13.4. The van der Waals surface area contributed by atoms with Crippen molar-refractivity contribution in [2.45, 2.75) is 26.7 Å². The Morgan fingerprint density at radius 2 is 2.05 bits per heavy atom. The summed E-state index contributed by atoms with van der Waals surface area (Å²) in [6.07, 6.45) is 1.25. The van der Waals surface area contributed by atoms with Crippen LogP contribution in [-0.4, -0.2) is 25.5 Å². The van der Waals surface area contributed by atoms with Gasteiger partial charge in [0, 0.05) is 19.0 Å². The molecule has 0 aliphatic rings. The minimum atomic E-state index is -0.192. The summed E-state index contributed by atoms with van der Waals surface area (Å²) in [6.45, 7) is 6.22. The number of carbonyl (C=O) groups excluding carboxylic acids is 1. The van der Waals surface area contributed by atoms with E-state index in [1.807, 2.05) is 19.9 Å². The highest BCUT2D eigenvalue weighted by atomic mass is 19.1. The van der Waals surface area contributed by atoms with Crippen LogP contribution in [0.2, 0.25) is 0 Å². The van der Waals surface area contributed by atoms with Crippen LogP contribution in [0.15, 0.2) is 24.3 Å². The van der Waals surface area contributed by atoms with Gasteiger partial charge < -0.3 is 10.6 Å². The third-order valence-electron chi connectivity index (χ3n) is 3.10. The summed E-state index contributed by atoms with van der Waals surface area (Å²) in [4.78, 5) is 11.8. The quantitative estimate of drug-likeness (QED) is 0.708. The Hall–Kier alpha value is -1.42. The van der Waals surface area contributed by atoms with Crippen molar-refractivity contribution in [1.29, 1.82) is 0 Å². The molecule has 0 saturated heterocycles. The first-order chi connectivity index (χ1) is 9.15. The molecule has 1 atom stereocenters. The topological polar surface area (TPSA) is 41.1 Å². The summed E-state index contributed by atoms with van der Waals surface area (Å²) in [5.41, 5.74) is 0.676. The van der Waals surface area contributed by atoms with E-state index >= 15 is 0 Å². The fraction of sp³-hybridized carbons (Fsp3) is 0.533. The lowest BCUT2D eigenvalue weighted by molar-refractivity contribution is -0.124. The summed E-state index contributed by atoms with van der Waals surface area (Å²) >= 11 is 0. The number of hydrogen-bond acceptors (Lipinski definition) is 2. The van der Waals surface area contributed by atoms with E-state index in [9.17, 15) is 9.18 Å². The fourth-order valence-electron chi connectivity index (χ4n) is 1.83. The Balaban J connectivity index is 2.28. The average Bonchev–Trinajstić information content (AvgIpc) is 2.42. The van der Waals surface area contributed by atoms with Crippen LogP contribution in [0.4, 0.5) is 4.39 Å². The van der Waals surface area contributed by atoms with Crippen LogP contribution >= 0.6 is 0 Å². The number of aryl methyl sites for hydroxylation is 1.